The topological polar surface area (TPSA) is 25.8 Å². The van der Waals surface area contributed by atoms with E-state index in [0.717, 1.165) is 12.1 Å². The minimum Gasteiger partial charge on any atom is -0.169 e. The van der Waals surface area contributed by atoms with E-state index in [1.807, 2.05) is 12.1 Å². The summed E-state index contributed by atoms with van der Waals surface area (Å²) in [5, 5.41) is 7.91. The van der Waals surface area contributed by atoms with Gasteiger partial charge in [0, 0.05) is 11.4 Å². The van der Waals surface area contributed by atoms with Gasteiger partial charge in [-0.3, -0.25) is 0 Å². The largest absolute Gasteiger partial charge is 0.169 e. The van der Waals surface area contributed by atoms with Crippen molar-refractivity contribution < 1.29 is 0 Å². The highest BCUT2D eigenvalue weighted by Gasteiger charge is 2.02. The zero-order valence-electron chi connectivity index (χ0n) is 5.86. The van der Waals surface area contributed by atoms with Gasteiger partial charge in [-0.2, -0.15) is 22.8 Å². The first kappa shape index (κ1) is 7.54. The van der Waals surface area contributed by atoms with Crippen LogP contribution >= 0.6 is 12.6 Å². The van der Waals surface area contributed by atoms with Gasteiger partial charge in [0.2, 0.25) is 0 Å². The molecule has 0 aromatic carbocycles. The van der Waals surface area contributed by atoms with Crippen LogP contribution in [0.4, 0.5) is 0 Å². The standard InChI is InChI=1S/C7H10N2S/c1-2-7(10)6-4-3-5-8-9-6/h3-5,7,10H,2H2,1H3. The highest BCUT2D eigenvalue weighted by atomic mass is 32.1. The molecule has 0 radical (unpaired) electrons. The molecule has 0 saturated carbocycles. The smallest absolute Gasteiger partial charge is 0.0758 e. The molecule has 0 aliphatic carbocycles. The Bertz CT molecular complexity index is 188. The molecule has 1 atom stereocenters. The van der Waals surface area contributed by atoms with Gasteiger partial charge in [-0.05, 0) is 18.6 Å². The van der Waals surface area contributed by atoms with Crippen LogP contribution < -0.4 is 0 Å². The summed E-state index contributed by atoms with van der Waals surface area (Å²) in [6.07, 6.45) is 2.65. The highest BCUT2D eigenvalue weighted by Crippen LogP contribution is 2.19. The Hall–Kier alpha value is -0.570. The molecule has 1 heterocycles. The first-order valence-corrected chi connectivity index (χ1v) is 3.82. The fourth-order valence-electron chi connectivity index (χ4n) is 0.700. The monoisotopic (exact) mass is 154 g/mol. The third-order valence-corrected chi connectivity index (χ3v) is 1.95. The first-order valence-electron chi connectivity index (χ1n) is 3.30. The van der Waals surface area contributed by atoms with Gasteiger partial charge < -0.3 is 0 Å². The van der Waals surface area contributed by atoms with Crippen LogP contribution in [0.5, 0.6) is 0 Å². The zero-order valence-corrected chi connectivity index (χ0v) is 6.75. The van der Waals surface area contributed by atoms with E-state index in [1.54, 1.807) is 6.20 Å². The Morgan fingerprint density at radius 2 is 2.50 bits per heavy atom. The molecule has 0 amide bonds. The maximum atomic E-state index is 4.32. The first-order chi connectivity index (χ1) is 4.84. The molecule has 1 rings (SSSR count). The lowest BCUT2D eigenvalue weighted by atomic mass is 10.2. The summed E-state index contributed by atoms with van der Waals surface area (Å²) >= 11 is 4.32. The molecule has 0 N–H and O–H groups in total. The molecule has 0 saturated heterocycles. The van der Waals surface area contributed by atoms with Crippen LogP contribution in [-0.2, 0) is 0 Å². The number of hydrogen-bond donors (Lipinski definition) is 1. The molecule has 0 bridgehead atoms. The molecule has 10 heavy (non-hydrogen) atoms. The molecule has 1 unspecified atom stereocenters. The van der Waals surface area contributed by atoms with Crippen LogP contribution in [0.15, 0.2) is 18.3 Å². The van der Waals surface area contributed by atoms with Crippen LogP contribution in [0.25, 0.3) is 0 Å². The van der Waals surface area contributed by atoms with Gasteiger partial charge in [-0.25, -0.2) is 0 Å². The maximum absolute atomic E-state index is 4.32. The van der Waals surface area contributed by atoms with Crippen molar-refractivity contribution >= 4 is 12.6 Å². The Labute approximate surface area is 66.1 Å². The van der Waals surface area contributed by atoms with Crippen LogP contribution in [0.3, 0.4) is 0 Å². The summed E-state index contributed by atoms with van der Waals surface area (Å²) < 4.78 is 0. The van der Waals surface area contributed by atoms with Gasteiger partial charge in [0.15, 0.2) is 0 Å². The average Bonchev–Trinajstić information content (AvgIpc) is 2.05. The van der Waals surface area contributed by atoms with E-state index >= 15 is 0 Å². The average molecular weight is 154 g/mol. The fourth-order valence-corrected chi connectivity index (χ4v) is 0.838. The van der Waals surface area contributed by atoms with E-state index < -0.39 is 0 Å². The molecule has 3 heteroatoms. The van der Waals surface area contributed by atoms with Crippen LogP contribution in [-0.4, -0.2) is 10.2 Å². The normalized spacial score (nSPS) is 13.0. The number of hydrogen-bond acceptors (Lipinski definition) is 3. The van der Waals surface area contributed by atoms with Gasteiger partial charge in [0.05, 0.1) is 5.69 Å². The van der Waals surface area contributed by atoms with E-state index in [0.29, 0.717) is 0 Å². The maximum Gasteiger partial charge on any atom is 0.0758 e. The lowest BCUT2D eigenvalue weighted by Crippen LogP contribution is -1.93. The van der Waals surface area contributed by atoms with Crippen LogP contribution in [0.1, 0.15) is 24.3 Å². The van der Waals surface area contributed by atoms with Gasteiger partial charge in [0.25, 0.3) is 0 Å². The van der Waals surface area contributed by atoms with Crippen molar-refractivity contribution in [1.82, 2.24) is 10.2 Å². The lowest BCUT2D eigenvalue weighted by Gasteiger charge is -2.03. The van der Waals surface area contributed by atoms with E-state index in [4.69, 9.17) is 0 Å². The molecule has 1 aromatic heterocycles. The van der Waals surface area contributed by atoms with Crippen molar-refractivity contribution in [3.05, 3.63) is 24.0 Å². The van der Waals surface area contributed by atoms with Crippen molar-refractivity contribution in [1.29, 1.82) is 0 Å². The predicted octanol–water partition coefficient (Wildman–Crippen LogP) is 1.86. The summed E-state index contributed by atoms with van der Waals surface area (Å²) in [5.41, 5.74) is 0.952. The Morgan fingerprint density at radius 3 is 3.00 bits per heavy atom. The van der Waals surface area contributed by atoms with Crippen molar-refractivity contribution in [2.75, 3.05) is 0 Å². The lowest BCUT2D eigenvalue weighted by molar-refractivity contribution is 0.824. The highest BCUT2D eigenvalue weighted by molar-refractivity contribution is 7.80. The Kier molecular flexibility index (Phi) is 2.68. The third kappa shape index (κ3) is 1.70. The minimum atomic E-state index is 0.230. The van der Waals surface area contributed by atoms with E-state index in [2.05, 4.69) is 29.7 Å². The number of thiol groups is 1. The molecular weight excluding hydrogens is 144 g/mol. The number of nitrogens with zero attached hydrogens (tertiary/aromatic N) is 2. The molecule has 2 nitrogen and oxygen atoms in total. The molecule has 0 fully saturated rings. The molecule has 0 aliphatic heterocycles. The van der Waals surface area contributed by atoms with Gasteiger partial charge in [-0.1, -0.05) is 6.92 Å². The van der Waals surface area contributed by atoms with Crippen LogP contribution in [0, 0.1) is 0 Å². The predicted molar refractivity (Wildman–Crippen MR) is 44.1 cm³/mol. The Balaban J connectivity index is 2.75. The van der Waals surface area contributed by atoms with Gasteiger partial charge >= 0.3 is 0 Å². The second-order valence-corrected chi connectivity index (χ2v) is 2.70. The minimum absolute atomic E-state index is 0.230. The molecule has 0 spiro atoms. The third-order valence-electron chi connectivity index (χ3n) is 1.32. The fraction of sp³-hybridized carbons (Fsp3) is 0.429. The van der Waals surface area contributed by atoms with Crippen molar-refractivity contribution in [3.8, 4) is 0 Å². The van der Waals surface area contributed by atoms with Gasteiger partial charge in [-0.15, -0.1) is 0 Å². The molecular formula is C7H10N2S. The van der Waals surface area contributed by atoms with E-state index in [-0.39, 0.29) is 5.25 Å². The summed E-state index contributed by atoms with van der Waals surface area (Å²) in [4.78, 5) is 0. The van der Waals surface area contributed by atoms with Gasteiger partial charge in [0.1, 0.15) is 0 Å². The molecule has 1 aromatic rings. The van der Waals surface area contributed by atoms with E-state index in [1.165, 1.54) is 0 Å². The van der Waals surface area contributed by atoms with E-state index in [9.17, 15) is 0 Å². The second-order valence-electron chi connectivity index (χ2n) is 2.07. The van der Waals surface area contributed by atoms with Crippen molar-refractivity contribution in [3.63, 3.8) is 0 Å². The summed E-state index contributed by atoms with van der Waals surface area (Å²) in [5.74, 6) is 0. The SMILES string of the molecule is CCC(S)c1cccnn1. The quantitative estimate of drug-likeness (QED) is 0.658. The van der Waals surface area contributed by atoms with Crippen molar-refractivity contribution in [2.45, 2.75) is 18.6 Å². The summed E-state index contributed by atoms with van der Waals surface area (Å²) in [7, 11) is 0. The summed E-state index contributed by atoms with van der Waals surface area (Å²) in [6.45, 7) is 2.08. The number of rotatable bonds is 2. The molecule has 0 aliphatic rings. The summed E-state index contributed by atoms with van der Waals surface area (Å²) in [6, 6.07) is 3.81. The number of aromatic nitrogens is 2. The molecule has 54 valence electrons. The van der Waals surface area contributed by atoms with Crippen molar-refractivity contribution in [2.24, 2.45) is 0 Å². The Morgan fingerprint density at radius 1 is 1.70 bits per heavy atom. The second kappa shape index (κ2) is 3.56. The van der Waals surface area contributed by atoms with Crippen LogP contribution in [0.2, 0.25) is 0 Å². The zero-order chi connectivity index (χ0) is 7.40.